The van der Waals surface area contributed by atoms with Crippen LogP contribution < -0.4 is 4.74 Å². The van der Waals surface area contributed by atoms with Gasteiger partial charge in [0.1, 0.15) is 11.5 Å². The number of benzene rings is 2. The Morgan fingerprint density at radius 2 is 1.20 bits per heavy atom. The molecular formula is C16H18O4. The third-order valence-corrected chi connectivity index (χ3v) is 3.29. The molecule has 0 amide bonds. The third-order valence-electron chi connectivity index (χ3n) is 3.29. The van der Waals surface area contributed by atoms with E-state index in [0.717, 1.165) is 16.9 Å². The summed E-state index contributed by atoms with van der Waals surface area (Å²) in [4.78, 5) is 0. The van der Waals surface area contributed by atoms with Crippen molar-refractivity contribution in [3.05, 3.63) is 59.7 Å². The Hall–Kier alpha value is -2.04. The molecule has 0 atom stereocenters. The zero-order valence-electron chi connectivity index (χ0n) is 11.8. The van der Waals surface area contributed by atoms with E-state index in [9.17, 15) is 5.11 Å². The highest BCUT2D eigenvalue weighted by molar-refractivity contribution is 5.39. The van der Waals surface area contributed by atoms with Gasteiger partial charge in [0.25, 0.3) is 0 Å². The maximum absolute atomic E-state index is 9.41. The number of phenolic OH excluding ortho intramolecular Hbond substituents is 1. The lowest BCUT2D eigenvalue weighted by Gasteiger charge is -2.32. The first-order chi connectivity index (χ1) is 9.66. The number of hydrogen-bond donors (Lipinski definition) is 1. The van der Waals surface area contributed by atoms with E-state index in [2.05, 4.69) is 0 Å². The smallest absolute Gasteiger partial charge is 0.221 e. The van der Waals surface area contributed by atoms with Gasteiger partial charge in [0.2, 0.25) is 5.79 Å². The molecule has 0 aliphatic carbocycles. The van der Waals surface area contributed by atoms with Crippen molar-refractivity contribution in [2.45, 2.75) is 5.79 Å². The molecule has 0 bridgehead atoms. The second kappa shape index (κ2) is 5.94. The van der Waals surface area contributed by atoms with Crippen LogP contribution in [0.25, 0.3) is 0 Å². The van der Waals surface area contributed by atoms with Crippen molar-refractivity contribution in [2.24, 2.45) is 0 Å². The number of ether oxygens (including phenoxy) is 3. The van der Waals surface area contributed by atoms with Gasteiger partial charge >= 0.3 is 0 Å². The highest BCUT2D eigenvalue weighted by Gasteiger charge is 2.34. The van der Waals surface area contributed by atoms with Crippen molar-refractivity contribution in [3.63, 3.8) is 0 Å². The lowest BCUT2D eigenvalue weighted by molar-refractivity contribution is -0.183. The summed E-state index contributed by atoms with van der Waals surface area (Å²) in [6.07, 6.45) is 0. The van der Waals surface area contributed by atoms with Gasteiger partial charge in [-0.15, -0.1) is 0 Å². The van der Waals surface area contributed by atoms with Crippen LogP contribution in [0, 0.1) is 0 Å². The predicted octanol–water partition coefficient (Wildman–Crippen LogP) is 2.89. The van der Waals surface area contributed by atoms with Crippen molar-refractivity contribution < 1.29 is 19.3 Å². The van der Waals surface area contributed by atoms with Crippen LogP contribution in [0.4, 0.5) is 0 Å². The molecule has 106 valence electrons. The molecule has 0 radical (unpaired) electrons. The summed E-state index contributed by atoms with van der Waals surface area (Å²) in [6, 6.07) is 14.2. The number of aromatic hydroxyl groups is 1. The first kappa shape index (κ1) is 14.4. The zero-order valence-corrected chi connectivity index (χ0v) is 11.8. The Bertz CT molecular complexity index is 542. The molecule has 2 rings (SSSR count). The SMILES string of the molecule is COc1ccc(C(OC)(OC)c2ccc(O)cc2)cc1. The van der Waals surface area contributed by atoms with Crippen molar-refractivity contribution in [3.8, 4) is 11.5 Å². The second-order valence-electron chi connectivity index (χ2n) is 4.30. The summed E-state index contributed by atoms with van der Waals surface area (Å²) >= 11 is 0. The largest absolute Gasteiger partial charge is 0.508 e. The van der Waals surface area contributed by atoms with Crippen LogP contribution in [0.1, 0.15) is 11.1 Å². The van der Waals surface area contributed by atoms with Gasteiger partial charge in [0, 0.05) is 25.3 Å². The fraction of sp³-hybridized carbons (Fsp3) is 0.250. The average molecular weight is 274 g/mol. The van der Waals surface area contributed by atoms with E-state index in [4.69, 9.17) is 14.2 Å². The van der Waals surface area contributed by atoms with Gasteiger partial charge < -0.3 is 19.3 Å². The molecule has 0 spiro atoms. The molecule has 0 saturated heterocycles. The summed E-state index contributed by atoms with van der Waals surface area (Å²) in [7, 11) is 4.79. The Morgan fingerprint density at radius 3 is 1.60 bits per heavy atom. The van der Waals surface area contributed by atoms with E-state index in [1.807, 2.05) is 24.3 Å². The molecule has 4 heteroatoms. The summed E-state index contributed by atoms with van der Waals surface area (Å²) in [6.45, 7) is 0. The monoisotopic (exact) mass is 274 g/mol. The molecule has 0 aliphatic rings. The lowest BCUT2D eigenvalue weighted by atomic mass is 9.97. The minimum Gasteiger partial charge on any atom is -0.508 e. The molecule has 0 aromatic heterocycles. The molecule has 1 N–H and O–H groups in total. The average Bonchev–Trinajstić information content (AvgIpc) is 2.51. The van der Waals surface area contributed by atoms with Gasteiger partial charge in [-0.3, -0.25) is 0 Å². The van der Waals surface area contributed by atoms with Gasteiger partial charge in [-0.1, -0.05) is 0 Å². The Balaban J connectivity index is 2.49. The van der Waals surface area contributed by atoms with Gasteiger partial charge in [-0.25, -0.2) is 0 Å². The summed E-state index contributed by atoms with van der Waals surface area (Å²) in [5.41, 5.74) is 1.64. The molecule has 0 unspecified atom stereocenters. The van der Waals surface area contributed by atoms with Gasteiger partial charge in [0.15, 0.2) is 0 Å². The van der Waals surface area contributed by atoms with Crippen LogP contribution in [0.5, 0.6) is 11.5 Å². The van der Waals surface area contributed by atoms with Crippen LogP contribution in [-0.2, 0) is 15.3 Å². The van der Waals surface area contributed by atoms with Gasteiger partial charge in [0.05, 0.1) is 7.11 Å². The van der Waals surface area contributed by atoms with Gasteiger partial charge in [-0.05, 0) is 48.5 Å². The van der Waals surface area contributed by atoms with Crippen LogP contribution in [0.3, 0.4) is 0 Å². The number of hydrogen-bond acceptors (Lipinski definition) is 4. The van der Waals surface area contributed by atoms with Crippen molar-refractivity contribution in [1.29, 1.82) is 0 Å². The summed E-state index contributed by atoms with van der Waals surface area (Å²) in [5, 5.41) is 9.41. The van der Waals surface area contributed by atoms with E-state index in [1.54, 1.807) is 45.6 Å². The molecule has 0 fully saturated rings. The quantitative estimate of drug-likeness (QED) is 0.852. The maximum Gasteiger partial charge on any atom is 0.221 e. The number of methoxy groups -OCH3 is 3. The third kappa shape index (κ3) is 2.48. The molecular weight excluding hydrogens is 256 g/mol. The maximum atomic E-state index is 9.41. The van der Waals surface area contributed by atoms with E-state index in [-0.39, 0.29) is 5.75 Å². The first-order valence-corrected chi connectivity index (χ1v) is 6.20. The van der Waals surface area contributed by atoms with Crippen LogP contribution in [0.2, 0.25) is 0 Å². The molecule has 0 aliphatic heterocycles. The molecule has 4 nitrogen and oxygen atoms in total. The number of phenols is 1. The fourth-order valence-corrected chi connectivity index (χ4v) is 2.21. The van der Waals surface area contributed by atoms with Crippen molar-refractivity contribution >= 4 is 0 Å². The molecule has 2 aromatic rings. The van der Waals surface area contributed by atoms with Gasteiger partial charge in [-0.2, -0.15) is 0 Å². The number of rotatable bonds is 5. The molecule has 20 heavy (non-hydrogen) atoms. The normalized spacial score (nSPS) is 11.3. The summed E-state index contributed by atoms with van der Waals surface area (Å²) in [5.74, 6) is -0.0508. The molecule has 2 aromatic carbocycles. The van der Waals surface area contributed by atoms with E-state index >= 15 is 0 Å². The summed E-state index contributed by atoms with van der Waals surface area (Å²) < 4.78 is 16.4. The van der Waals surface area contributed by atoms with E-state index in [0.29, 0.717) is 0 Å². The lowest BCUT2D eigenvalue weighted by Crippen LogP contribution is -2.32. The molecule has 0 heterocycles. The Labute approximate surface area is 118 Å². The molecule has 0 saturated carbocycles. The van der Waals surface area contributed by atoms with E-state index in [1.165, 1.54) is 0 Å². The van der Waals surface area contributed by atoms with Crippen LogP contribution in [0.15, 0.2) is 48.5 Å². The minimum atomic E-state index is -1.01. The predicted molar refractivity (Wildman–Crippen MR) is 75.9 cm³/mol. The van der Waals surface area contributed by atoms with E-state index < -0.39 is 5.79 Å². The second-order valence-corrected chi connectivity index (χ2v) is 4.30. The first-order valence-electron chi connectivity index (χ1n) is 6.20. The standard InChI is InChI=1S/C16H18O4/c1-18-15-10-6-13(7-11-15)16(19-2,20-3)12-4-8-14(17)9-5-12/h4-11,17H,1-3H3. The fourth-order valence-electron chi connectivity index (χ4n) is 2.21. The Morgan fingerprint density at radius 1 is 0.750 bits per heavy atom. The zero-order chi connectivity index (χ0) is 14.6. The highest BCUT2D eigenvalue weighted by Crippen LogP contribution is 2.35. The van der Waals surface area contributed by atoms with Crippen molar-refractivity contribution in [2.75, 3.05) is 21.3 Å². The van der Waals surface area contributed by atoms with Crippen LogP contribution in [-0.4, -0.2) is 26.4 Å². The minimum absolute atomic E-state index is 0.199. The topological polar surface area (TPSA) is 47.9 Å². The Kier molecular flexibility index (Phi) is 4.27. The van der Waals surface area contributed by atoms with Crippen molar-refractivity contribution in [1.82, 2.24) is 0 Å². The highest BCUT2D eigenvalue weighted by atomic mass is 16.7. The van der Waals surface area contributed by atoms with Crippen LogP contribution >= 0.6 is 0 Å².